The summed E-state index contributed by atoms with van der Waals surface area (Å²) in [7, 11) is 0. The Morgan fingerprint density at radius 2 is 2.12 bits per heavy atom. The van der Waals surface area contributed by atoms with Crippen LogP contribution >= 0.6 is 11.6 Å². The van der Waals surface area contributed by atoms with Gasteiger partial charge in [0.1, 0.15) is 11.8 Å². The minimum absolute atomic E-state index is 0.216. The maximum absolute atomic E-state index is 12.5. The Kier molecular flexibility index (Phi) is 4.89. The van der Waals surface area contributed by atoms with Gasteiger partial charge >= 0.3 is 6.09 Å². The SMILES string of the molecule is O=C(OCc1ccccc1)N1CCC[C@@H](C2=NCc3c2ccnc3Cl)C1. The summed E-state index contributed by atoms with van der Waals surface area (Å²) in [5.74, 6) is 0.216. The van der Waals surface area contributed by atoms with Crippen molar-refractivity contribution in [3.63, 3.8) is 0 Å². The molecule has 26 heavy (non-hydrogen) atoms. The van der Waals surface area contributed by atoms with Crippen molar-refractivity contribution in [1.82, 2.24) is 9.88 Å². The van der Waals surface area contributed by atoms with E-state index in [2.05, 4.69) is 9.98 Å². The Labute approximate surface area is 157 Å². The molecule has 2 aromatic rings. The maximum atomic E-state index is 12.5. The number of carbonyl (C=O) groups excluding carboxylic acids is 1. The van der Waals surface area contributed by atoms with Crippen LogP contribution < -0.4 is 0 Å². The van der Waals surface area contributed by atoms with Crippen molar-refractivity contribution in [2.75, 3.05) is 13.1 Å². The van der Waals surface area contributed by atoms with Gasteiger partial charge in [-0.3, -0.25) is 4.99 Å². The van der Waals surface area contributed by atoms with Crippen molar-refractivity contribution in [1.29, 1.82) is 0 Å². The number of nitrogens with zero attached hydrogens (tertiary/aromatic N) is 3. The van der Waals surface area contributed by atoms with Gasteiger partial charge in [-0.2, -0.15) is 0 Å². The van der Waals surface area contributed by atoms with Gasteiger partial charge < -0.3 is 9.64 Å². The molecule has 2 aliphatic heterocycles. The molecule has 0 saturated carbocycles. The van der Waals surface area contributed by atoms with Gasteiger partial charge in [-0.1, -0.05) is 41.9 Å². The molecule has 6 heteroatoms. The van der Waals surface area contributed by atoms with Crippen LogP contribution in [0.2, 0.25) is 5.15 Å². The number of pyridine rings is 1. The monoisotopic (exact) mass is 369 g/mol. The first-order valence-electron chi connectivity index (χ1n) is 8.86. The van der Waals surface area contributed by atoms with Crippen LogP contribution in [0, 0.1) is 5.92 Å². The van der Waals surface area contributed by atoms with E-state index in [1.54, 1.807) is 11.1 Å². The molecule has 1 aromatic carbocycles. The highest BCUT2D eigenvalue weighted by Gasteiger charge is 2.31. The highest BCUT2D eigenvalue weighted by atomic mass is 35.5. The van der Waals surface area contributed by atoms with Crippen LogP contribution in [0.3, 0.4) is 0 Å². The number of aromatic nitrogens is 1. The van der Waals surface area contributed by atoms with Crippen LogP contribution in [0.5, 0.6) is 0 Å². The molecule has 1 atom stereocenters. The van der Waals surface area contributed by atoms with Crippen molar-refractivity contribution in [3.8, 4) is 0 Å². The third-order valence-corrected chi connectivity index (χ3v) is 5.28. The zero-order valence-corrected chi connectivity index (χ0v) is 15.2. The third kappa shape index (κ3) is 3.44. The number of ether oxygens (including phenoxy) is 1. The molecule has 0 N–H and O–H groups in total. The van der Waals surface area contributed by atoms with E-state index in [4.69, 9.17) is 16.3 Å². The molecule has 5 nitrogen and oxygen atoms in total. The van der Waals surface area contributed by atoms with Crippen molar-refractivity contribution in [2.45, 2.75) is 26.0 Å². The van der Waals surface area contributed by atoms with Crippen LogP contribution in [0.1, 0.15) is 29.5 Å². The first-order valence-corrected chi connectivity index (χ1v) is 9.24. The molecule has 1 aromatic heterocycles. The van der Waals surface area contributed by atoms with E-state index in [1.807, 2.05) is 36.4 Å². The predicted octanol–water partition coefficient (Wildman–Crippen LogP) is 4.09. The molecule has 1 fully saturated rings. The summed E-state index contributed by atoms with van der Waals surface area (Å²) in [6, 6.07) is 11.7. The normalized spacial score (nSPS) is 19.0. The molecule has 3 heterocycles. The van der Waals surface area contributed by atoms with E-state index in [9.17, 15) is 4.79 Å². The van der Waals surface area contributed by atoms with Crippen molar-refractivity contribution < 1.29 is 9.53 Å². The number of amides is 1. The molecule has 0 aliphatic carbocycles. The molecule has 0 unspecified atom stereocenters. The van der Waals surface area contributed by atoms with Gasteiger partial charge in [-0.15, -0.1) is 0 Å². The van der Waals surface area contributed by atoms with E-state index in [0.717, 1.165) is 41.8 Å². The fourth-order valence-corrected chi connectivity index (χ4v) is 3.85. The first-order chi connectivity index (χ1) is 12.7. The largest absolute Gasteiger partial charge is 0.445 e. The lowest BCUT2D eigenvalue weighted by molar-refractivity contribution is 0.0851. The van der Waals surface area contributed by atoms with Gasteiger partial charge in [0.25, 0.3) is 0 Å². The zero-order valence-electron chi connectivity index (χ0n) is 14.4. The Morgan fingerprint density at radius 1 is 1.27 bits per heavy atom. The summed E-state index contributed by atoms with van der Waals surface area (Å²) in [6.45, 7) is 2.23. The van der Waals surface area contributed by atoms with Crippen LogP contribution in [-0.4, -0.2) is 34.8 Å². The van der Waals surface area contributed by atoms with Gasteiger partial charge in [0, 0.05) is 42.0 Å². The lowest BCUT2D eigenvalue weighted by atomic mass is 9.89. The van der Waals surface area contributed by atoms with Crippen LogP contribution in [0.4, 0.5) is 4.79 Å². The summed E-state index contributed by atoms with van der Waals surface area (Å²) in [5, 5.41) is 0.524. The number of fused-ring (bicyclic) bond motifs is 1. The number of piperidine rings is 1. The average molecular weight is 370 g/mol. The molecule has 1 saturated heterocycles. The minimum Gasteiger partial charge on any atom is -0.445 e. The Balaban J connectivity index is 1.41. The lowest BCUT2D eigenvalue weighted by Crippen LogP contribution is -2.42. The van der Waals surface area contributed by atoms with E-state index >= 15 is 0 Å². The topological polar surface area (TPSA) is 54.8 Å². The summed E-state index contributed by atoms with van der Waals surface area (Å²) < 4.78 is 5.48. The lowest BCUT2D eigenvalue weighted by Gasteiger charge is -2.32. The standard InChI is InChI=1S/C20H20ClN3O2/c21-19-17-11-23-18(16(17)8-9-22-19)15-7-4-10-24(12-15)20(25)26-13-14-5-2-1-3-6-14/h1-3,5-6,8-9,15H,4,7,10-13H2/t15-/m1/s1. The number of hydrogen-bond donors (Lipinski definition) is 0. The van der Waals surface area contributed by atoms with E-state index in [-0.39, 0.29) is 12.0 Å². The fourth-order valence-electron chi connectivity index (χ4n) is 3.63. The summed E-state index contributed by atoms with van der Waals surface area (Å²) >= 11 is 6.18. The second kappa shape index (κ2) is 7.46. The third-order valence-electron chi connectivity index (χ3n) is 4.96. The van der Waals surface area contributed by atoms with Gasteiger partial charge in [0.2, 0.25) is 0 Å². The highest BCUT2D eigenvalue weighted by Crippen LogP contribution is 2.31. The molecule has 0 bridgehead atoms. The number of hydrogen-bond acceptors (Lipinski definition) is 4. The second-order valence-electron chi connectivity index (χ2n) is 6.65. The molecule has 134 valence electrons. The van der Waals surface area contributed by atoms with Crippen molar-refractivity contribution >= 4 is 23.4 Å². The van der Waals surface area contributed by atoms with Crippen LogP contribution in [-0.2, 0) is 17.9 Å². The highest BCUT2D eigenvalue weighted by molar-refractivity contribution is 6.31. The van der Waals surface area contributed by atoms with E-state index in [1.165, 1.54) is 0 Å². The minimum atomic E-state index is -0.259. The number of aliphatic imine (C=N–C) groups is 1. The second-order valence-corrected chi connectivity index (χ2v) is 7.01. The van der Waals surface area contributed by atoms with Gasteiger partial charge in [0.05, 0.1) is 6.54 Å². The first kappa shape index (κ1) is 17.0. The van der Waals surface area contributed by atoms with Crippen LogP contribution in [0.25, 0.3) is 0 Å². The van der Waals surface area contributed by atoms with Gasteiger partial charge in [-0.05, 0) is 24.5 Å². The van der Waals surface area contributed by atoms with Gasteiger partial charge in [-0.25, -0.2) is 9.78 Å². The summed E-state index contributed by atoms with van der Waals surface area (Å²) in [6.07, 6.45) is 3.42. The molecular formula is C20H20ClN3O2. The summed E-state index contributed by atoms with van der Waals surface area (Å²) in [4.78, 5) is 23.1. The summed E-state index contributed by atoms with van der Waals surface area (Å²) in [5.41, 5.74) is 4.11. The molecule has 2 aliphatic rings. The quantitative estimate of drug-likeness (QED) is 0.766. The number of carbonyl (C=O) groups is 1. The van der Waals surface area contributed by atoms with Crippen molar-refractivity contribution in [3.05, 3.63) is 64.4 Å². The predicted molar refractivity (Wildman–Crippen MR) is 100 cm³/mol. The number of rotatable bonds is 3. The molecule has 1 amide bonds. The van der Waals surface area contributed by atoms with Gasteiger partial charge in [0.15, 0.2) is 0 Å². The molecule has 0 spiro atoms. The van der Waals surface area contributed by atoms with Crippen LogP contribution in [0.15, 0.2) is 47.6 Å². The molecule has 4 rings (SSSR count). The van der Waals surface area contributed by atoms with E-state index < -0.39 is 0 Å². The van der Waals surface area contributed by atoms with E-state index in [0.29, 0.717) is 24.8 Å². The Morgan fingerprint density at radius 3 is 2.96 bits per heavy atom. The smallest absolute Gasteiger partial charge is 0.410 e. The average Bonchev–Trinajstić information content (AvgIpc) is 3.12. The number of benzene rings is 1. The Hall–Kier alpha value is -2.40. The molecule has 0 radical (unpaired) electrons. The number of likely N-dealkylation sites (tertiary alicyclic amines) is 1. The maximum Gasteiger partial charge on any atom is 0.410 e. The zero-order chi connectivity index (χ0) is 17.9. The Bertz CT molecular complexity index is 838. The number of halogens is 1. The fraction of sp³-hybridized carbons (Fsp3) is 0.350. The molecular weight excluding hydrogens is 350 g/mol. The van der Waals surface area contributed by atoms with Crippen molar-refractivity contribution in [2.24, 2.45) is 10.9 Å².